The molecule has 2 aromatic heterocycles. The van der Waals surface area contributed by atoms with Crippen LogP contribution in [0.1, 0.15) is 33.0 Å². The van der Waals surface area contributed by atoms with Crippen molar-refractivity contribution < 1.29 is 9.53 Å². The highest BCUT2D eigenvalue weighted by atomic mass is 32.1. The van der Waals surface area contributed by atoms with Gasteiger partial charge >= 0.3 is 0 Å². The van der Waals surface area contributed by atoms with Crippen LogP contribution in [0.15, 0.2) is 6.20 Å². The van der Waals surface area contributed by atoms with Gasteiger partial charge in [0.05, 0.1) is 54.6 Å². The van der Waals surface area contributed by atoms with Crippen LogP contribution in [0.5, 0.6) is 0 Å². The summed E-state index contributed by atoms with van der Waals surface area (Å²) < 4.78 is 7.04. The minimum Gasteiger partial charge on any atom is -0.375 e. The highest BCUT2D eigenvalue weighted by Gasteiger charge is 2.19. The molecule has 22 heavy (non-hydrogen) atoms. The van der Waals surface area contributed by atoms with Crippen LogP contribution >= 0.6 is 11.3 Å². The Morgan fingerprint density at radius 1 is 1.64 bits per heavy atom. The molecule has 7 nitrogen and oxygen atoms in total. The van der Waals surface area contributed by atoms with Crippen LogP contribution in [0.2, 0.25) is 0 Å². The van der Waals surface area contributed by atoms with Gasteiger partial charge in [-0.25, -0.2) is 4.98 Å². The summed E-state index contributed by atoms with van der Waals surface area (Å²) in [6, 6.07) is 2.07. The molecule has 0 spiro atoms. The van der Waals surface area contributed by atoms with Gasteiger partial charge in [-0.3, -0.25) is 14.8 Å². The molecule has 1 aliphatic rings. The van der Waals surface area contributed by atoms with E-state index in [2.05, 4.69) is 21.5 Å². The van der Waals surface area contributed by atoms with Crippen LogP contribution < -0.4 is 5.32 Å². The normalized spacial score (nSPS) is 13.5. The zero-order valence-electron chi connectivity index (χ0n) is 12.1. The summed E-state index contributed by atoms with van der Waals surface area (Å²) in [4.78, 5) is 17.9. The SMILES string of the molecule is Cc1c(C(=O)Nc2nc3c(s2)COCC3)cnn1CCC#N. The lowest BCUT2D eigenvalue weighted by Gasteiger charge is -2.08. The van der Waals surface area contributed by atoms with Crippen molar-refractivity contribution in [2.75, 3.05) is 11.9 Å². The van der Waals surface area contributed by atoms with Gasteiger partial charge in [0.2, 0.25) is 0 Å². The van der Waals surface area contributed by atoms with Gasteiger partial charge < -0.3 is 4.74 Å². The van der Waals surface area contributed by atoms with Gasteiger partial charge in [-0.05, 0) is 6.92 Å². The van der Waals surface area contributed by atoms with Crippen molar-refractivity contribution >= 4 is 22.4 Å². The zero-order chi connectivity index (χ0) is 15.5. The van der Waals surface area contributed by atoms with Crippen molar-refractivity contribution in [3.05, 3.63) is 28.0 Å². The predicted molar refractivity (Wildman–Crippen MR) is 80.6 cm³/mol. The average molecular weight is 317 g/mol. The van der Waals surface area contributed by atoms with E-state index in [9.17, 15) is 4.79 Å². The number of nitriles is 1. The Morgan fingerprint density at radius 2 is 2.50 bits per heavy atom. The van der Waals surface area contributed by atoms with Gasteiger partial charge in [0.15, 0.2) is 5.13 Å². The second kappa shape index (κ2) is 6.25. The average Bonchev–Trinajstić information content (AvgIpc) is 3.08. The van der Waals surface area contributed by atoms with Crippen molar-refractivity contribution in [2.24, 2.45) is 0 Å². The summed E-state index contributed by atoms with van der Waals surface area (Å²) in [5.41, 5.74) is 2.26. The summed E-state index contributed by atoms with van der Waals surface area (Å²) in [6.45, 7) is 3.54. The molecule has 0 aromatic carbocycles. The third kappa shape index (κ3) is 2.86. The number of aryl methyl sites for hydroxylation is 1. The lowest BCUT2D eigenvalue weighted by Crippen LogP contribution is -2.13. The number of anilines is 1. The van der Waals surface area contributed by atoms with Crippen LogP contribution in [-0.2, 0) is 24.3 Å². The summed E-state index contributed by atoms with van der Waals surface area (Å²) >= 11 is 1.45. The van der Waals surface area contributed by atoms with E-state index in [0.29, 0.717) is 36.9 Å². The van der Waals surface area contributed by atoms with Gasteiger partial charge in [0.25, 0.3) is 5.91 Å². The number of ether oxygens (including phenoxy) is 1. The Morgan fingerprint density at radius 3 is 3.27 bits per heavy atom. The molecular formula is C14H15N5O2S. The Balaban J connectivity index is 1.73. The number of aromatic nitrogens is 3. The van der Waals surface area contributed by atoms with Gasteiger partial charge in [0.1, 0.15) is 0 Å². The van der Waals surface area contributed by atoms with Gasteiger partial charge in [-0.1, -0.05) is 11.3 Å². The first kappa shape index (κ1) is 14.7. The number of carbonyl (C=O) groups excluding carboxylic acids is 1. The molecule has 1 amide bonds. The standard InChI is InChI=1S/C14H15N5O2S/c1-9-10(7-16-19(9)5-2-4-15)13(20)18-14-17-11-3-6-21-8-12(11)22-14/h7H,2-3,5-6,8H2,1H3,(H,17,18,20). The van der Waals surface area contributed by atoms with Gasteiger partial charge in [0, 0.05) is 12.1 Å². The van der Waals surface area contributed by atoms with E-state index in [4.69, 9.17) is 10.00 Å². The van der Waals surface area contributed by atoms with E-state index in [1.54, 1.807) is 4.68 Å². The fourth-order valence-corrected chi connectivity index (χ4v) is 3.23. The molecule has 0 fully saturated rings. The lowest BCUT2D eigenvalue weighted by molar-refractivity contribution is 0.102. The van der Waals surface area contributed by atoms with E-state index in [1.807, 2.05) is 6.92 Å². The second-order valence-corrected chi connectivity index (χ2v) is 6.00. The number of nitrogens with one attached hydrogen (secondary N) is 1. The number of amides is 1. The summed E-state index contributed by atoms with van der Waals surface area (Å²) in [6.07, 6.45) is 2.67. The minimum atomic E-state index is -0.229. The van der Waals surface area contributed by atoms with Crippen LogP contribution in [0.4, 0.5) is 5.13 Å². The fourth-order valence-electron chi connectivity index (χ4n) is 2.29. The maximum Gasteiger partial charge on any atom is 0.260 e. The number of rotatable bonds is 4. The highest BCUT2D eigenvalue weighted by molar-refractivity contribution is 7.15. The molecule has 0 aliphatic carbocycles. The van der Waals surface area contributed by atoms with Gasteiger partial charge in [-0.2, -0.15) is 10.4 Å². The van der Waals surface area contributed by atoms with Crippen LogP contribution in [0.25, 0.3) is 0 Å². The second-order valence-electron chi connectivity index (χ2n) is 4.92. The van der Waals surface area contributed by atoms with E-state index in [-0.39, 0.29) is 5.91 Å². The Hall–Kier alpha value is -2.24. The number of carbonyl (C=O) groups is 1. The van der Waals surface area contributed by atoms with Crippen molar-refractivity contribution in [1.82, 2.24) is 14.8 Å². The third-order valence-corrected chi connectivity index (χ3v) is 4.48. The van der Waals surface area contributed by atoms with Gasteiger partial charge in [-0.15, -0.1) is 0 Å². The Bertz CT molecular complexity index is 719. The van der Waals surface area contributed by atoms with Crippen molar-refractivity contribution in [3.8, 4) is 6.07 Å². The molecule has 3 rings (SSSR count). The van der Waals surface area contributed by atoms with E-state index in [0.717, 1.165) is 22.7 Å². The zero-order valence-corrected chi connectivity index (χ0v) is 12.9. The molecule has 0 atom stereocenters. The molecule has 0 saturated heterocycles. The highest BCUT2D eigenvalue weighted by Crippen LogP contribution is 2.27. The number of hydrogen-bond donors (Lipinski definition) is 1. The molecule has 1 N–H and O–H groups in total. The van der Waals surface area contributed by atoms with Crippen molar-refractivity contribution in [1.29, 1.82) is 5.26 Å². The number of fused-ring (bicyclic) bond motifs is 1. The first-order valence-electron chi connectivity index (χ1n) is 6.96. The molecule has 0 bridgehead atoms. The lowest BCUT2D eigenvalue weighted by atomic mass is 10.2. The van der Waals surface area contributed by atoms with E-state index < -0.39 is 0 Å². The first-order chi connectivity index (χ1) is 10.7. The fraction of sp³-hybridized carbons (Fsp3) is 0.429. The summed E-state index contributed by atoms with van der Waals surface area (Å²) in [7, 11) is 0. The molecular weight excluding hydrogens is 302 g/mol. The van der Waals surface area contributed by atoms with Crippen LogP contribution in [-0.4, -0.2) is 27.3 Å². The number of nitrogens with zero attached hydrogens (tertiary/aromatic N) is 4. The molecule has 3 heterocycles. The topological polar surface area (TPSA) is 92.8 Å². The molecule has 8 heteroatoms. The first-order valence-corrected chi connectivity index (χ1v) is 7.77. The Labute approximate surface area is 131 Å². The monoisotopic (exact) mass is 317 g/mol. The smallest absolute Gasteiger partial charge is 0.260 e. The third-order valence-electron chi connectivity index (χ3n) is 3.50. The maximum absolute atomic E-state index is 12.3. The summed E-state index contributed by atoms with van der Waals surface area (Å²) in [5, 5.41) is 16.2. The minimum absolute atomic E-state index is 0.229. The Kier molecular flexibility index (Phi) is 4.18. The molecule has 2 aromatic rings. The van der Waals surface area contributed by atoms with Crippen molar-refractivity contribution in [2.45, 2.75) is 32.9 Å². The van der Waals surface area contributed by atoms with Crippen LogP contribution in [0, 0.1) is 18.3 Å². The van der Waals surface area contributed by atoms with Crippen LogP contribution in [0.3, 0.4) is 0 Å². The van der Waals surface area contributed by atoms with E-state index in [1.165, 1.54) is 17.5 Å². The van der Waals surface area contributed by atoms with Crippen molar-refractivity contribution in [3.63, 3.8) is 0 Å². The summed E-state index contributed by atoms with van der Waals surface area (Å²) in [5.74, 6) is -0.229. The number of hydrogen-bond acceptors (Lipinski definition) is 6. The largest absolute Gasteiger partial charge is 0.375 e. The quantitative estimate of drug-likeness (QED) is 0.929. The molecule has 1 aliphatic heterocycles. The molecule has 0 radical (unpaired) electrons. The predicted octanol–water partition coefficient (Wildman–Crippen LogP) is 1.89. The number of thiazole rings is 1. The van der Waals surface area contributed by atoms with E-state index >= 15 is 0 Å². The molecule has 0 saturated carbocycles. The molecule has 0 unspecified atom stereocenters. The molecule has 114 valence electrons. The maximum atomic E-state index is 12.3.